The fraction of sp³-hybridized carbons (Fsp3) is 0.600. The molecule has 0 aliphatic rings. The van der Waals surface area contributed by atoms with E-state index in [0.717, 1.165) is 11.3 Å². The Bertz CT molecular complexity index is 466. The number of halogens is 2. The fourth-order valence-corrected chi connectivity index (χ4v) is 5.44. The average molecular weight is 405 g/mol. The normalized spacial score (nSPS) is 12.9. The maximum atomic E-state index is 12.2. The number of rotatable bonds is 6. The van der Waals surface area contributed by atoms with E-state index in [1.54, 1.807) is 6.07 Å². The Balaban J connectivity index is 2.96. The molecule has 1 N–H and O–H groups in total. The second kappa shape index (κ2) is 6.14. The van der Waals surface area contributed by atoms with Crippen molar-refractivity contribution in [1.82, 2.24) is 4.72 Å². The third-order valence-corrected chi connectivity index (χ3v) is 8.06. The molecular weight excluding hydrogens is 390 g/mol. The van der Waals surface area contributed by atoms with Gasteiger partial charge in [0.1, 0.15) is 4.21 Å². The second-order valence-electron chi connectivity index (χ2n) is 4.01. The molecule has 1 rings (SSSR count). The minimum Gasteiger partial charge on any atom is -0.206 e. The standard InChI is InChI=1S/C10H15Br2NO2S2/c1-3-8-4-5-9(16-8)17(14,15)13-10(2,6-11)7-12/h4-5,13H,3,6-7H2,1-2H3. The van der Waals surface area contributed by atoms with Crippen LogP contribution in [0.5, 0.6) is 0 Å². The van der Waals surface area contributed by atoms with Crippen LogP contribution in [0.2, 0.25) is 0 Å². The third kappa shape index (κ3) is 4.02. The van der Waals surface area contributed by atoms with Gasteiger partial charge in [-0.25, -0.2) is 13.1 Å². The summed E-state index contributed by atoms with van der Waals surface area (Å²) in [6, 6.07) is 3.52. The van der Waals surface area contributed by atoms with Crippen LogP contribution >= 0.6 is 43.2 Å². The van der Waals surface area contributed by atoms with Crippen LogP contribution in [0.3, 0.4) is 0 Å². The lowest BCUT2D eigenvalue weighted by atomic mass is 10.1. The van der Waals surface area contributed by atoms with Crippen molar-refractivity contribution in [2.45, 2.75) is 30.0 Å². The summed E-state index contributed by atoms with van der Waals surface area (Å²) in [5, 5.41) is 1.10. The van der Waals surface area contributed by atoms with E-state index in [1.165, 1.54) is 11.3 Å². The first-order chi connectivity index (χ1) is 7.87. The predicted octanol–water partition coefficient (Wildman–Crippen LogP) is 3.14. The Labute approximate surface area is 123 Å². The van der Waals surface area contributed by atoms with Crippen LogP contribution in [-0.2, 0) is 16.4 Å². The first-order valence-corrected chi connectivity index (χ1v) is 9.66. The number of alkyl halides is 2. The highest BCUT2D eigenvalue weighted by Crippen LogP contribution is 2.24. The van der Waals surface area contributed by atoms with Crippen LogP contribution in [0.15, 0.2) is 16.3 Å². The number of nitrogens with one attached hydrogen (secondary N) is 1. The van der Waals surface area contributed by atoms with Gasteiger partial charge in [-0.1, -0.05) is 38.8 Å². The molecule has 0 saturated carbocycles. The van der Waals surface area contributed by atoms with Crippen LogP contribution < -0.4 is 4.72 Å². The average Bonchev–Trinajstić information content (AvgIpc) is 2.77. The number of sulfonamides is 1. The van der Waals surface area contributed by atoms with Crippen molar-refractivity contribution in [3.05, 3.63) is 17.0 Å². The number of aryl methyl sites for hydroxylation is 1. The second-order valence-corrected chi connectivity index (χ2v) is 8.21. The van der Waals surface area contributed by atoms with E-state index in [4.69, 9.17) is 0 Å². The van der Waals surface area contributed by atoms with Gasteiger partial charge in [0.2, 0.25) is 0 Å². The number of hydrogen-bond donors (Lipinski definition) is 1. The Morgan fingerprint density at radius 3 is 2.35 bits per heavy atom. The number of thiophene rings is 1. The SMILES string of the molecule is CCc1ccc(S(=O)(=O)NC(C)(CBr)CBr)s1. The maximum absolute atomic E-state index is 12.2. The first-order valence-electron chi connectivity index (χ1n) is 5.11. The highest BCUT2D eigenvalue weighted by atomic mass is 79.9. The lowest BCUT2D eigenvalue weighted by molar-refractivity contribution is 0.510. The summed E-state index contributed by atoms with van der Waals surface area (Å²) in [6.45, 7) is 3.86. The molecule has 0 unspecified atom stereocenters. The van der Waals surface area contributed by atoms with Crippen LogP contribution in [0.1, 0.15) is 18.7 Å². The van der Waals surface area contributed by atoms with E-state index in [-0.39, 0.29) is 0 Å². The summed E-state index contributed by atoms with van der Waals surface area (Å²) in [6.07, 6.45) is 0.855. The summed E-state index contributed by atoms with van der Waals surface area (Å²) in [5.41, 5.74) is -0.519. The zero-order valence-electron chi connectivity index (χ0n) is 9.66. The van der Waals surface area contributed by atoms with Crippen molar-refractivity contribution in [3.8, 4) is 0 Å². The fourth-order valence-electron chi connectivity index (χ4n) is 1.16. The van der Waals surface area contributed by atoms with E-state index in [9.17, 15) is 8.42 Å². The Kier molecular flexibility index (Phi) is 5.65. The minimum absolute atomic E-state index is 0.377. The molecular formula is C10H15Br2NO2S2. The van der Waals surface area contributed by atoms with Gasteiger partial charge in [-0.3, -0.25) is 0 Å². The minimum atomic E-state index is -3.42. The predicted molar refractivity (Wildman–Crippen MR) is 80.0 cm³/mol. The summed E-state index contributed by atoms with van der Waals surface area (Å²) in [4.78, 5) is 1.07. The molecule has 7 heteroatoms. The summed E-state index contributed by atoms with van der Waals surface area (Å²) in [5.74, 6) is 0. The van der Waals surface area contributed by atoms with Gasteiger partial charge in [0, 0.05) is 21.1 Å². The lowest BCUT2D eigenvalue weighted by Gasteiger charge is -2.25. The third-order valence-electron chi connectivity index (χ3n) is 2.22. The topological polar surface area (TPSA) is 46.2 Å². The Hall–Kier alpha value is 0.570. The number of hydrogen-bond acceptors (Lipinski definition) is 3. The Morgan fingerprint density at radius 1 is 1.35 bits per heavy atom. The molecule has 0 saturated heterocycles. The van der Waals surface area contributed by atoms with Crippen LogP contribution in [0.4, 0.5) is 0 Å². The molecule has 0 amide bonds. The van der Waals surface area contributed by atoms with E-state index in [1.807, 2.05) is 19.9 Å². The molecule has 0 fully saturated rings. The molecule has 0 aromatic carbocycles. The van der Waals surface area contributed by atoms with E-state index < -0.39 is 15.6 Å². The van der Waals surface area contributed by atoms with Crippen molar-refractivity contribution in [2.24, 2.45) is 0 Å². The van der Waals surface area contributed by atoms with E-state index >= 15 is 0 Å². The van der Waals surface area contributed by atoms with Crippen LogP contribution in [0, 0.1) is 0 Å². The molecule has 0 bridgehead atoms. The van der Waals surface area contributed by atoms with Crippen molar-refractivity contribution in [3.63, 3.8) is 0 Å². The molecule has 1 aromatic heterocycles. The van der Waals surface area contributed by atoms with Gasteiger partial charge in [-0.2, -0.15) is 0 Å². The molecule has 0 atom stereocenters. The highest BCUT2D eigenvalue weighted by molar-refractivity contribution is 9.09. The smallest absolute Gasteiger partial charge is 0.206 e. The molecule has 0 spiro atoms. The lowest BCUT2D eigenvalue weighted by Crippen LogP contribution is -2.48. The first kappa shape index (κ1) is 15.6. The van der Waals surface area contributed by atoms with Crippen LogP contribution in [-0.4, -0.2) is 24.6 Å². The quantitative estimate of drug-likeness (QED) is 0.740. The monoisotopic (exact) mass is 403 g/mol. The summed E-state index contributed by atoms with van der Waals surface area (Å²) < 4.78 is 27.4. The summed E-state index contributed by atoms with van der Waals surface area (Å²) in [7, 11) is -3.42. The highest BCUT2D eigenvalue weighted by Gasteiger charge is 2.29. The maximum Gasteiger partial charge on any atom is 0.250 e. The molecule has 17 heavy (non-hydrogen) atoms. The van der Waals surface area contributed by atoms with Crippen molar-refractivity contribution in [1.29, 1.82) is 0 Å². The van der Waals surface area contributed by atoms with Crippen molar-refractivity contribution in [2.75, 3.05) is 10.7 Å². The zero-order valence-corrected chi connectivity index (χ0v) is 14.5. The molecule has 0 aliphatic carbocycles. The molecule has 1 heterocycles. The van der Waals surface area contributed by atoms with Gasteiger partial charge < -0.3 is 0 Å². The van der Waals surface area contributed by atoms with Gasteiger partial charge in [0.05, 0.1) is 0 Å². The van der Waals surface area contributed by atoms with E-state index in [0.29, 0.717) is 14.9 Å². The van der Waals surface area contributed by atoms with Gasteiger partial charge in [-0.05, 0) is 25.5 Å². The van der Waals surface area contributed by atoms with Crippen LogP contribution in [0.25, 0.3) is 0 Å². The summed E-state index contributed by atoms with van der Waals surface area (Å²) >= 11 is 7.97. The van der Waals surface area contributed by atoms with E-state index in [2.05, 4.69) is 36.6 Å². The van der Waals surface area contributed by atoms with Crippen molar-refractivity contribution >= 4 is 53.2 Å². The molecule has 98 valence electrons. The van der Waals surface area contributed by atoms with Gasteiger partial charge in [0.15, 0.2) is 0 Å². The Morgan fingerprint density at radius 2 is 1.94 bits per heavy atom. The van der Waals surface area contributed by atoms with Gasteiger partial charge >= 0.3 is 0 Å². The largest absolute Gasteiger partial charge is 0.250 e. The van der Waals surface area contributed by atoms with Gasteiger partial charge in [0.25, 0.3) is 10.0 Å². The molecule has 1 aromatic rings. The van der Waals surface area contributed by atoms with Crippen molar-refractivity contribution < 1.29 is 8.42 Å². The van der Waals surface area contributed by atoms with Gasteiger partial charge in [-0.15, -0.1) is 11.3 Å². The molecule has 0 aliphatic heterocycles. The molecule has 0 radical (unpaired) electrons. The molecule has 3 nitrogen and oxygen atoms in total. The zero-order chi connectivity index (χ0) is 13.1.